The molecule has 18 heavy (non-hydrogen) atoms. The molecule has 1 rings (SSSR count). The highest BCUT2D eigenvalue weighted by molar-refractivity contribution is 5.68. The predicted molar refractivity (Wildman–Crippen MR) is 68.3 cm³/mol. The largest absolute Gasteiger partial charge is 0.444 e. The summed E-state index contributed by atoms with van der Waals surface area (Å²) < 4.78 is 16.3. The fourth-order valence-corrected chi connectivity index (χ4v) is 1.64. The van der Waals surface area contributed by atoms with Gasteiger partial charge in [-0.05, 0) is 34.6 Å². The van der Waals surface area contributed by atoms with E-state index in [-0.39, 0.29) is 12.1 Å². The second kappa shape index (κ2) is 5.28. The molecule has 1 fully saturated rings. The van der Waals surface area contributed by atoms with Crippen LogP contribution in [-0.2, 0) is 14.2 Å². The molecule has 0 bridgehead atoms. The van der Waals surface area contributed by atoms with Crippen molar-refractivity contribution in [3.8, 4) is 0 Å². The first-order chi connectivity index (χ1) is 8.13. The van der Waals surface area contributed by atoms with Crippen molar-refractivity contribution in [1.29, 1.82) is 0 Å². The molecule has 1 amide bonds. The van der Waals surface area contributed by atoms with Gasteiger partial charge in [0.25, 0.3) is 0 Å². The van der Waals surface area contributed by atoms with Gasteiger partial charge in [0.05, 0.1) is 12.6 Å². The number of carbonyl (C=O) groups excluding carboxylic acids is 1. The molecule has 1 aliphatic heterocycles. The van der Waals surface area contributed by atoms with E-state index >= 15 is 0 Å². The van der Waals surface area contributed by atoms with Crippen LogP contribution in [0.1, 0.15) is 34.6 Å². The van der Waals surface area contributed by atoms with E-state index in [2.05, 4.69) is 11.9 Å². The third-order valence-electron chi connectivity index (χ3n) is 2.37. The average Bonchev–Trinajstić information content (AvgIpc) is 2.52. The number of rotatable bonds is 3. The van der Waals surface area contributed by atoms with Crippen molar-refractivity contribution < 1.29 is 19.0 Å². The van der Waals surface area contributed by atoms with Crippen molar-refractivity contribution in [1.82, 2.24) is 5.32 Å². The van der Waals surface area contributed by atoms with E-state index in [1.807, 2.05) is 34.6 Å². The molecule has 0 spiro atoms. The molecular weight excluding hydrogens is 234 g/mol. The van der Waals surface area contributed by atoms with Crippen molar-refractivity contribution in [3.05, 3.63) is 12.7 Å². The Bertz CT molecular complexity index is 319. The van der Waals surface area contributed by atoms with Crippen LogP contribution < -0.4 is 5.32 Å². The minimum atomic E-state index is -0.623. The summed E-state index contributed by atoms with van der Waals surface area (Å²) in [6.07, 6.45) is 0.894. The van der Waals surface area contributed by atoms with Crippen LogP contribution in [0.25, 0.3) is 0 Å². The predicted octanol–water partition coefficient (Wildman–Crippen LogP) is 2.22. The molecule has 0 aromatic heterocycles. The molecule has 0 unspecified atom stereocenters. The Balaban J connectivity index is 2.53. The van der Waals surface area contributed by atoms with Gasteiger partial charge < -0.3 is 19.5 Å². The van der Waals surface area contributed by atoms with Crippen molar-refractivity contribution in [2.45, 2.75) is 58.2 Å². The van der Waals surface area contributed by atoms with Crippen LogP contribution >= 0.6 is 0 Å². The number of amides is 1. The molecule has 5 heteroatoms. The number of nitrogens with one attached hydrogen (secondary N) is 1. The standard InChI is InChI=1S/C13H23NO4/c1-7-9(10-8-16-13(5,6)17-10)14-11(15)18-12(2,3)4/h7,9-10H,1,8H2,2-6H3,(H,14,15)/t9-,10+/m1/s1. The maximum Gasteiger partial charge on any atom is 0.408 e. The minimum absolute atomic E-state index is 0.245. The Morgan fingerprint density at radius 2 is 2.17 bits per heavy atom. The molecule has 0 aliphatic carbocycles. The van der Waals surface area contributed by atoms with E-state index in [1.165, 1.54) is 0 Å². The van der Waals surface area contributed by atoms with Gasteiger partial charge in [-0.2, -0.15) is 0 Å². The van der Waals surface area contributed by atoms with Gasteiger partial charge in [0.15, 0.2) is 5.79 Å². The zero-order chi connectivity index (χ0) is 14.0. The molecule has 0 radical (unpaired) electrons. The van der Waals surface area contributed by atoms with Crippen molar-refractivity contribution in [3.63, 3.8) is 0 Å². The van der Waals surface area contributed by atoms with Crippen molar-refractivity contribution >= 4 is 6.09 Å². The minimum Gasteiger partial charge on any atom is -0.444 e. The van der Waals surface area contributed by atoms with Gasteiger partial charge in [-0.3, -0.25) is 0 Å². The molecule has 0 aromatic rings. The van der Waals surface area contributed by atoms with Gasteiger partial charge in [-0.1, -0.05) is 6.08 Å². The average molecular weight is 257 g/mol. The van der Waals surface area contributed by atoms with Crippen LogP contribution in [-0.4, -0.2) is 36.2 Å². The first kappa shape index (κ1) is 15.0. The van der Waals surface area contributed by atoms with E-state index in [9.17, 15) is 4.79 Å². The Morgan fingerprint density at radius 3 is 2.56 bits per heavy atom. The van der Waals surface area contributed by atoms with Gasteiger partial charge >= 0.3 is 6.09 Å². The number of hydrogen-bond acceptors (Lipinski definition) is 4. The summed E-state index contributed by atoms with van der Waals surface area (Å²) in [6.45, 7) is 13.2. The van der Waals surface area contributed by atoms with Crippen LogP contribution in [0.4, 0.5) is 4.79 Å². The lowest BCUT2D eigenvalue weighted by Crippen LogP contribution is -2.45. The topological polar surface area (TPSA) is 56.8 Å². The van der Waals surface area contributed by atoms with Gasteiger partial charge in [-0.15, -0.1) is 6.58 Å². The lowest BCUT2D eigenvalue weighted by Gasteiger charge is -2.25. The number of ether oxygens (including phenoxy) is 3. The van der Waals surface area contributed by atoms with Gasteiger partial charge in [0.1, 0.15) is 11.7 Å². The zero-order valence-electron chi connectivity index (χ0n) is 11.8. The summed E-state index contributed by atoms with van der Waals surface area (Å²) in [6, 6.07) is -0.332. The SMILES string of the molecule is C=C[C@@H](NC(=O)OC(C)(C)C)[C@@H]1COC(C)(C)O1. The molecule has 1 heterocycles. The summed E-state index contributed by atoms with van der Waals surface area (Å²) >= 11 is 0. The lowest BCUT2D eigenvalue weighted by molar-refractivity contribution is -0.140. The zero-order valence-corrected chi connectivity index (χ0v) is 11.8. The molecule has 2 atom stereocenters. The summed E-state index contributed by atoms with van der Waals surface area (Å²) in [5, 5.41) is 2.72. The Labute approximate surface area is 108 Å². The smallest absolute Gasteiger partial charge is 0.408 e. The molecule has 104 valence electrons. The lowest BCUT2D eigenvalue weighted by atomic mass is 10.1. The normalized spacial score (nSPS) is 24.4. The van der Waals surface area contributed by atoms with Crippen LogP contribution in [0.3, 0.4) is 0 Å². The quantitative estimate of drug-likeness (QED) is 0.788. The van der Waals surface area contributed by atoms with Crippen molar-refractivity contribution in [2.24, 2.45) is 0 Å². The second-order valence-corrected chi connectivity index (χ2v) is 5.77. The summed E-state index contributed by atoms with van der Waals surface area (Å²) in [5.41, 5.74) is -0.526. The Kier molecular flexibility index (Phi) is 4.40. The van der Waals surface area contributed by atoms with Gasteiger partial charge in [0.2, 0.25) is 0 Å². The maximum atomic E-state index is 11.7. The Morgan fingerprint density at radius 1 is 1.56 bits per heavy atom. The summed E-state index contributed by atoms with van der Waals surface area (Å²) in [5.74, 6) is -0.623. The highest BCUT2D eigenvalue weighted by Gasteiger charge is 2.37. The monoisotopic (exact) mass is 257 g/mol. The van der Waals surface area contributed by atoms with E-state index in [0.717, 1.165) is 0 Å². The number of carbonyl (C=O) groups is 1. The van der Waals surface area contributed by atoms with Gasteiger partial charge in [-0.25, -0.2) is 4.79 Å². The fourth-order valence-electron chi connectivity index (χ4n) is 1.64. The van der Waals surface area contributed by atoms with Crippen LogP contribution in [0.2, 0.25) is 0 Å². The fraction of sp³-hybridized carbons (Fsp3) is 0.769. The number of hydrogen-bond donors (Lipinski definition) is 1. The summed E-state index contributed by atoms with van der Waals surface area (Å²) in [7, 11) is 0. The van der Waals surface area contributed by atoms with Crippen molar-refractivity contribution in [2.75, 3.05) is 6.61 Å². The van der Waals surface area contributed by atoms with E-state index in [4.69, 9.17) is 14.2 Å². The molecule has 0 aromatic carbocycles. The molecular formula is C13H23NO4. The van der Waals surface area contributed by atoms with Crippen LogP contribution in [0, 0.1) is 0 Å². The summed E-state index contributed by atoms with van der Waals surface area (Å²) in [4.78, 5) is 11.7. The third kappa shape index (κ3) is 4.66. The highest BCUT2D eigenvalue weighted by Crippen LogP contribution is 2.24. The third-order valence-corrected chi connectivity index (χ3v) is 2.37. The van der Waals surface area contributed by atoms with Crippen LogP contribution in [0.15, 0.2) is 12.7 Å². The molecule has 0 saturated carbocycles. The van der Waals surface area contributed by atoms with E-state index in [0.29, 0.717) is 6.61 Å². The highest BCUT2D eigenvalue weighted by atomic mass is 16.7. The number of alkyl carbamates (subject to hydrolysis) is 1. The maximum absolute atomic E-state index is 11.7. The first-order valence-electron chi connectivity index (χ1n) is 6.07. The van der Waals surface area contributed by atoms with Crippen LogP contribution in [0.5, 0.6) is 0 Å². The molecule has 1 saturated heterocycles. The molecule has 5 nitrogen and oxygen atoms in total. The second-order valence-electron chi connectivity index (χ2n) is 5.77. The van der Waals surface area contributed by atoms with E-state index < -0.39 is 17.5 Å². The molecule has 1 N–H and O–H groups in total. The Hall–Kier alpha value is -1.07. The first-order valence-corrected chi connectivity index (χ1v) is 6.07. The van der Waals surface area contributed by atoms with E-state index in [1.54, 1.807) is 6.08 Å². The van der Waals surface area contributed by atoms with Gasteiger partial charge in [0, 0.05) is 0 Å². The molecule has 1 aliphatic rings.